The number of thioether (sulfide) groups is 1. The second-order valence-corrected chi connectivity index (χ2v) is 6.70. The van der Waals surface area contributed by atoms with Gasteiger partial charge in [0.15, 0.2) is 4.32 Å². The van der Waals surface area contributed by atoms with Gasteiger partial charge in [-0.2, -0.15) is 5.26 Å². The largest absolute Gasteiger partial charge is 0.270 e. The average Bonchev–Trinajstić information content (AvgIpc) is 2.89. The number of hydrogen-bond acceptors (Lipinski definition) is 6. The molecule has 2 aromatic rings. The lowest BCUT2D eigenvalue weighted by Crippen LogP contribution is -2.27. The van der Waals surface area contributed by atoms with Gasteiger partial charge < -0.3 is 0 Å². The normalized spacial score (nSPS) is 15.5. The van der Waals surface area contributed by atoms with Crippen LogP contribution in [0.5, 0.6) is 0 Å². The van der Waals surface area contributed by atoms with E-state index in [4.69, 9.17) is 17.5 Å². The van der Waals surface area contributed by atoms with Gasteiger partial charge in [0, 0.05) is 12.1 Å². The van der Waals surface area contributed by atoms with Crippen molar-refractivity contribution in [3.05, 3.63) is 74.7 Å². The molecule has 122 valence electrons. The molecule has 0 bridgehead atoms. The highest BCUT2D eigenvalue weighted by Crippen LogP contribution is 2.36. The summed E-state index contributed by atoms with van der Waals surface area (Å²) < 4.78 is 0.360. The molecule has 0 atom stereocenters. The maximum atomic E-state index is 12.6. The average molecular weight is 367 g/mol. The Labute approximate surface area is 152 Å². The van der Waals surface area contributed by atoms with Crippen molar-refractivity contribution in [1.82, 2.24) is 0 Å². The Morgan fingerprint density at radius 1 is 1.16 bits per heavy atom. The topological polar surface area (TPSA) is 87.2 Å². The highest BCUT2D eigenvalue weighted by Gasteiger charge is 2.33. The molecule has 0 unspecified atom stereocenters. The summed E-state index contributed by atoms with van der Waals surface area (Å²) in [6, 6.07) is 14.5. The number of amides is 1. The minimum Gasteiger partial charge on any atom is -0.268 e. The van der Waals surface area contributed by atoms with Crippen LogP contribution in [0.2, 0.25) is 0 Å². The molecule has 0 radical (unpaired) electrons. The van der Waals surface area contributed by atoms with E-state index in [1.54, 1.807) is 30.3 Å². The van der Waals surface area contributed by atoms with E-state index in [2.05, 4.69) is 0 Å². The molecule has 6 nitrogen and oxygen atoms in total. The number of hydrogen-bond donors (Lipinski definition) is 0. The maximum absolute atomic E-state index is 12.6. The van der Waals surface area contributed by atoms with Gasteiger partial charge in [0.25, 0.3) is 11.6 Å². The molecule has 0 spiro atoms. The first kappa shape index (κ1) is 16.8. The highest BCUT2D eigenvalue weighted by atomic mass is 32.2. The van der Waals surface area contributed by atoms with Gasteiger partial charge in [-0.3, -0.25) is 19.8 Å². The van der Waals surface area contributed by atoms with Crippen molar-refractivity contribution < 1.29 is 9.72 Å². The lowest BCUT2D eigenvalue weighted by Gasteiger charge is -2.13. The lowest BCUT2D eigenvalue weighted by atomic mass is 10.1. The van der Waals surface area contributed by atoms with Gasteiger partial charge in [-0.1, -0.05) is 36.1 Å². The van der Waals surface area contributed by atoms with Crippen molar-refractivity contribution in [2.75, 3.05) is 4.90 Å². The van der Waals surface area contributed by atoms with Gasteiger partial charge in [-0.25, -0.2) is 0 Å². The third kappa shape index (κ3) is 3.42. The Kier molecular flexibility index (Phi) is 4.61. The summed E-state index contributed by atoms with van der Waals surface area (Å²) in [6.45, 7) is 0. The van der Waals surface area contributed by atoms with Crippen molar-refractivity contribution >= 4 is 51.7 Å². The van der Waals surface area contributed by atoms with Crippen LogP contribution >= 0.6 is 24.0 Å². The Balaban J connectivity index is 1.87. The fourth-order valence-electron chi connectivity index (χ4n) is 2.22. The van der Waals surface area contributed by atoms with Gasteiger partial charge >= 0.3 is 0 Å². The smallest absolute Gasteiger partial charge is 0.268 e. The van der Waals surface area contributed by atoms with Crippen LogP contribution in [0, 0.1) is 21.4 Å². The monoisotopic (exact) mass is 367 g/mol. The summed E-state index contributed by atoms with van der Waals surface area (Å²) >= 11 is 6.43. The van der Waals surface area contributed by atoms with Gasteiger partial charge in [-0.05, 0) is 35.9 Å². The molecule has 1 heterocycles. The van der Waals surface area contributed by atoms with Crippen molar-refractivity contribution in [2.45, 2.75) is 0 Å². The first-order valence-electron chi connectivity index (χ1n) is 7.02. The number of non-ortho nitro benzene ring substituents is 1. The molecular weight excluding hydrogens is 358 g/mol. The predicted molar refractivity (Wildman–Crippen MR) is 99.9 cm³/mol. The second-order valence-electron chi connectivity index (χ2n) is 5.02. The molecule has 2 aromatic carbocycles. The molecule has 8 heteroatoms. The standard InChI is InChI=1S/C17H9N3O3S2/c18-10-12-3-1-11(2-4-12)9-15-16(21)19(17(24)25-15)13-5-7-14(8-6-13)20(22)23/h1-9H/b15-9-. The predicted octanol–water partition coefficient (Wildman–Crippen LogP) is 3.87. The summed E-state index contributed by atoms with van der Waals surface area (Å²) in [5.41, 5.74) is 1.75. The van der Waals surface area contributed by atoms with Gasteiger partial charge in [0.1, 0.15) is 0 Å². The zero-order valence-electron chi connectivity index (χ0n) is 12.6. The zero-order chi connectivity index (χ0) is 18.0. The van der Waals surface area contributed by atoms with Crippen molar-refractivity contribution in [1.29, 1.82) is 5.26 Å². The molecule has 0 saturated carbocycles. The molecule has 1 saturated heterocycles. The number of thiocarbonyl (C=S) groups is 1. The van der Waals surface area contributed by atoms with Crippen molar-refractivity contribution in [2.24, 2.45) is 0 Å². The van der Waals surface area contributed by atoms with Gasteiger partial charge in [0.2, 0.25) is 0 Å². The summed E-state index contributed by atoms with van der Waals surface area (Å²) in [6.07, 6.45) is 1.70. The summed E-state index contributed by atoms with van der Waals surface area (Å²) in [7, 11) is 0. The SMILES string of the molecule is N#Cc1ccc(/C=C2\SC(=S)N(c3ccc([N+](=O)[O-])cc3)C2=O)cc1. The Morgan fingerprint density at radius 3 is 2.36 bits per heavy atom. The minimum atomic E-state index is -0.501. The maximum Gasteiger partial charge on any atom is 0.270 e. The fraction of sp³-hybridized carbons (Fsp3) is 0. The van der Waals surface area contributed by atoms with Crippen LogP contribution in [0.1, 0.15) is 11.1 Å². The van der Waals surface area contributed by atoms with Crippen LogP contribution in [0.4, 0.5) is 11.4 Å². The van der Waals surface area contributed by atoms with Crippen LogP contribution in [0.15, 0.2) is 53.4 Å². The molecule has 1 aliphatic heterocycles. The molecule has 0 aliphatic carbocycles. The number of carbonyl (C=O) groups is 1. The summed E-state index contributed by atoms with van der Waals surface area (Å²) in [5, 5.41) is 19.5. The molecular formula is C17H9N3O3S2. The summed E-state index contributed by atoms with van der Waals surface area (Å²) in [5.74, 6) is -0.284. The molecule has 1 fully saturated rings. The van der Waals surface area contributed by atoms with Crippen molar-refractivity contribution in [3.63, 3.8) is 0 Å². The number of rotatable bonds is 3. The number of carbonyl (C=O) groups excluding carboxylic acids is 1. The Morgan fingerprint density at radius 2 is 1.80 bits per heavy atom. The van der Waals surface area contributed by atoms with E-state index in [1.807, 2.05) is 6.07 Å². The number of benzene rings is 2. The van der Waals surface area contributed by atoms with Crippen LogP contribution in [-0.2, 0) is 4.79 Å². The van der Waals surface area contributed by atoms with Crippen LogP contribution in [-0.4, -0.2) is 15.2 Å². The van der Waals surface area contributed by atoms with E-state index >= 15 is 0 Å². The number of nitro benzene ring substituents is 1. The van der Waals surface area contributed by atoms with E-state index in [1.165, 1.54) is 29.2 Å². The Hall–Kier alpha value is -3.02. The fourth-order valence-corrected chi connectivity index (χ4v) is 3.52. The quantitative estimate of drug-likeness (QED) is 0.354. The number of nitrogens with zero attached hydrogens (tertiary/aromatic N) is 3. The van der Waals surface area contributed by atoms with Gasteiger partial charge in [-0.15, -0.1) is 0 Å². The molecule has 1 amide bonds. The summed E-state index contributed by atoms with van der Waals surface area (Å²) in [4.78, 5) is 24.7. The Bertz CT molecular complexity index is 945. The first-order valence-corrected chi connectivity index (χ1v) is 8.24. The van der Waals surface area contributed by atoms with E-state index in [9.17, 15) is 14.9 Å². The lowest BCUT2D eigenvalue weighted by molar-refractivity contribution is -0.384. The van der Waals surface area contributed by atoms with Crippen LogP contribution < -0.4 is 4.90 Å². The van der Waals surface area contributed by atoms with Crippen molar-refractivity contribution in [3.8, 4) is 6.07 Å². The first-order chi connectivity index (χ1) is 12.0. The van der Waals surface area contributed by atoms with E-state index in [-0.39, 0.29) is 11.6 Å². The number of nitriles is 1. The number of anilines is 1. The molecule has 25 heavy (non-hydrogen) atoms. The van der Waals surface area contributed by atoms with Crippen LogP contribution in [0.25, 0.3) is 6.08 Å². The second kappa shape index (κ2) is 6.84. The number of nitro groups is 1. The zero-order valence-corrected chi connectivity index (χ0v) is 14.2. The molecule has 0 N–H and O–H groups in total. The van der Waals surface area contributed by atoms with Gasteiger partial charge in [0.05, 0.1) is 27.1 Å². The van der Waals surface area contributed by atoms with Crippen LogP contribution in [0.3, 0.4) is 0 Å². The van der Waals surface area contributed by atoms with E-state index in [0.717, 1.165) is 17.3 Å². The third-order valence-electron chi connectivity index (χ3n) is 3.45. The van der Waals surface area contributed by atoms with E-state index < -0.39 is 4.92 Å². The molecule has 3 rings (SSSR count). The third-order valence-corrected chi connectivity index (χ3v) is 4.75. The minimum absolute atomic E-state index is 0.0534. The van der Waals surface area contributed by atoms with E-state index in [0.29, 0.717) is 20.5 Å². The molecule has 0 aromatic heterocycles. The highest BCUT2D eigenvalue weighted by molar-refractivity contribution is 8.27. The molecule has 1 aliphatic rings.